The van der Waals surface area contributed by atoms with Gasteiger partial charge in [-0.25, -0.2) is 0 Å². The summed E-state index contributed by atoms with van der Waals surface area (Å²) in [7, 11) is 0. The zero-order chi connectivity index (χ0) is 23.6. The molecule has 0 saturated carbocycles. The summed E-state index contributed by atoms with van der Waals surface area (Å²) in [6.45, 7) is 0.338. The van der Waals surface area contributed by atoms with E-state index in [1.54, 1.807) is 18.2 Å². The highest BCUT2D eigenvalue weighted by Crippen LogP contribution is 2.19. The van der Waals surface area contributed by atoms with E-state index < -0.39 is 23.8 Å². The third-order valence-electron chi connectivity index (χ3n) is 5.12. The van der Waals surface area contributed by atoms with Gasteiger partial charge < -0.3 is 15.7 Å². The fourth-order valence-electron chi connectivity index (χ4n) is 3.37. The monoisotopic (exact) mass is 464 g/mol. The standard InChI is InChI=1S/C26H25ClN2O4/c27-22-8-4-5-18(17-22)15-16-28-26(33)23(13-14-24(30)31)29-25(32)21-11-9-20(10-12-21)19-6-2-1-3-7-19/h1-12,17,23H,13-16H2,(H,28,33)(H,29,32)(H,30,31)/t23-/m0/s1. The Hall–Kier alpha value is -3.64. The first-order valence-corrected chi connectivity index (χ1v) is 11.0. The molecule has 33 heavy (non-hydrogen) atoms. The molecule has 2 amide bonds. The van der Waals surface area contributed by atoms with Crippen LogP contribution in [0.1, 0.15) is 28.8 Å². The Bertz CT molecular complexity index is 1100. The summed E-state index contributed by atoms with van der Waals surface area (Å²) in [6.07, 6.45) is 0.318. The first-order valence-electron chi connectivity index (χ1n) is 10.6. The number of hydrogen-bond acceptors (Lipinski definition) is 3. The van der Waals surface area contributed by atoms with Crippen molar-refractivity contribution in [2.75, 3.05) is 6.54 Å². The molecule has 7 heteroatoms. The molecule has 0 unspecified atom stereocenters. The number of benzene rings is 3. The maximum absolute atomic E-state index is 12.7. The average Bonchev–Trinajstić information content (AvgIpc) is 2.82. The number of carboxylic acid groups (broad SMARTS) is 1. The van der Waals surface area contributed by atoms with E-state index in [9.17, 15) is 14.4 Å². The summed E-state index contributed by atoms with van der Waals surface area (Å²) in [5.74, 6) is -1.89. The SMILES string of the molecule is O=C(O)CC[C@H](NC(=O)c1ccc(-c2ccccc2)cc1)C(=O)NCCc1cccc(Cl)c1. The van der Waals surface area contributed by atoms with E-state index in [4.69, 9.17) is 16.7 Å². The highest BCUT2D eigenvalue weighted by Gasteiger charge is 2.22. The van der Waals surface area contributed by atoms with Crippen molar-refractivity contribution in [3.8, 4) is 11.1 Å². The van der Waals surface area contributed by atoms with Crippen LogP contribution in [0, 0.1) is 0 Å². The highest BCUT2D eigenvalue weighted by molar-refractivity contribution is 6.30. The van der Waals surface area contributed by atoms with E-state index in [1.807, 2.05) is 60.7 Å². The van der Waals surface area contributed by atoms with Gasteiger partial charge in [-0.1, -0.05) is 66.2 Å². The van der Waals surface area contributed by atoms with Gasteiger partial charge in [0.05, 0.1) is 0 Å². The lowest BCUT2D eigenvalue weighted by molar-refractivity contribution is -0.137. The van der Waals surface area contributed by atoms with Crippen LogP contribution in [-0.4, -0.2) is 35.5 Å². The molecule has 0 saturated heterocycles. The molecule has 0 heterocycles. The number of rotatable bonds is 10. The van der Waals surface area contributed by atoms with Gasteiger partial charge in [-0.3, -0.25) is 14.4 Å². The second kappa shape index (κ2) is 11.8. The molecule has 0 bridgehead atoms. The molecule has 0 radical (unpaired) electrons. The maximum Gasteiger partial charge on any atom is 0.303 e. The number of halogens is 1. The summed E-state index contributed by atoms with van der Waals surface area (Å²) in [5, 5.41) is 15.1. The van der Waals surface area contributed by atoms with Crippen molar-refractivity contribution < 1.29 is 19.5 Å². The molecule has 0 aliphatic carbocycles. The Morgan fingerprint density at radius 3 is 2.24 bits per heavy atom. The predicted octanol–water partition coefficient (Wildman–Crippen LogP) is 4.33. The minimum atomic E-state index is -1.03. The minimum absolute atomic E-state index is 0.00777. The average molecular weight is 465 g/mol. The van der Waals surface area contributed by atoms with Gasteiger partial charge in [0, 0.05) is 23.6 Å². The van der Waals surface area contributed by atoms with Crippen molar-refractivity contribution in [3.63, 3.8) is 0 Å². The number of amides is 2. The number of carboxylic acids is 1. The summed E-state index contributed by atoms with van der Waals surface area (Å²) in [6, 6.07) is 23.2. The van der Waals surface area contributed by atoms with Gasteiger partial charge in [-0.2, -0.15) is 0 Å². The summed E-state index contributed by atoms with van der Waals surface area (Å²) in [5.41, 5.74) is 3.35. The first-order chi connectivity index (χ1) is 15.9. The van der Waals surface area contributed by atoms with Crippen molar-refractivity contribution in [1.82, 2.24) is 10.6 Å². The predicted molar refractivity (Wildman–Crippen MR) is 128 cm³/mol. The lowest BCUT2D eigenvalue weighted by Gasteiger charge is -2.18. The number of carbonyl (C=O) groups is 3. The molecule has 0 fully saturated rings. The molecule has 0 spiro atoms. The number of nitrogens with one attached hydrogen (secondary N) is 2. The van der Waals surface area contributed by atoms with Gasteiger partial charge in [0.1, 0.15) is 6.04 Å². The van der Waals surface area contributed by atoms with Gasteiger partial charge >= 0.3 is 5.97 Å². The molecule has 3 N–H and O–H groups in total. The first kappa shape index (κ1) is 24.0. The van der Waals surface area contributed by atoms with E-state index in [0.29, 0.717) is 23.6 Å². The molecule has 170 valence electrons. The van der Waals surface area contributed by atoms with E-state index >= 15 is 0 Å². The van der Waals surface area contributed by atoms with Crippen LogP contribution < -0.4 is 10.6 Å². The molecular weight excluding hydrogens is 440 g/mol. The van der Waals surface area contributed by atoms with Crippen molar-refractivity contribution in [1.29, 1.82) is 0 Å². The number of carbonyl (C=O) groups excluding carboxylic acids is 2. The molecule has 0 aliphatic heterocycles. The Kier molecular flexibility index (Phi) is 8.61. The van der Waals surface area contributed by atoms with Crippen LogP contribution in [0.2, 0.25) is 5.02 Å². The smallest absolute Gasteiger partial charge is 0.303 e. The van der Waals surface area contributed by atoms with Gasteiger partial charge in [0.25, 0.3) is 5.91 Å². The van der Waals surface area contributed by atoms with Crippen molar-refractivity contribution in [2.24, 2.45) is 0 Å². The van der Waals surface area contributed by atoms with Gasteiger partial charge in [-0.05, 0) is 53.8 Å². The Morgan fingerprint density at radius 2 is 1.58 bits per heavy atom. The second-order valence-electron chi connectivity index (χ2n) is 7.57. The molecule has 6 nitrogen and oxygen atoms in total. The highest BCUT2D eigenvalue weighted by atomic mass is 35.5. The number of hydrogen-bond donors (Lipinski definition) is 3. The topological polar surface area (TPSA) is 95.5 Å². The van der Waals surface area contributed by atoms with Gasteiger partial charge in [0.15, 0.2) is 0 Å². The lowest BCUT2D eigenvalue weighted by Crippen LogP contribution is -2.47. The normalized spacial score (nSPS) is 11.4. The van der Waals surface area contributed by atoms with E-state index in [1.165, 1.54) is 0 Å². The van der Waals surface area contributed by atoms with Crippen molar-refractivity contribution in [2.45, 2.75) is 25.3 Å². The molecule has 0 aromatic heterocycles. The van der Waals surface area contributed by atoms with E-state index in [-0.39, 0.29) is 12.8 Å². The van der Waals surface area contributed by atoms with Crippen molar-refractivity contribution in [3.05, 3.63) is 95.0 Å². The Labute approximate surface area is 197 Å². The van der Waals surface area contributed by atoms with Crippen molar-refractivity contribution >= 4 is 29.4 Å². The van der Waals surface area contributed by atoms with Crippen LogP contribution in [-0.2, 0) is 16.0 Å². The summed E-state index contributed by atoms with van der Waals surface area (Å²) in [4.78, 5) is 36.4. The summed E-state index contributed by atoms with van der Waals surface area (Å²) >= 11 is 5.98. The van der Waals surface area contributed by atoms with Gasteiger partial charge in [0.2, 0.25) is 5.91 Å². The molecule has 3 aromatic rings. The molecule has 3 rings (SSSR count). The number of aliphatic carboxylic acids is 1. The minimum Gasteiger partial charge on any atom is -0.481 e. The van der Waals surface area contributed by atoms with Crippen LogP contribution in [0.5, 0.6) is 0 Å². The van der Waals surface area contributed by atoms with Crippen LogP contribution in [0.15, 0.2) is 78.9 Å². The zero-order valence-corrected chi connectivity index (χ0v) is 18.7. The third-order valence-corrected chi connectivity index (χ3v) is 5.36. The van der Waals surface area contributed by atoms with Crippen LogP contribution in [0.4, 0.5) is 0 Å². The van der Waals surface area contributed by atoms with Crippen LogP contribution in [0.3, 0.4) is 0 Å². The van der Waals surface area contributed by atoms with E-state index in [2.05, 4.69) is 10.6 Å². The zero-order valence-electron chi connectivity index (χ0n) is 18.0. The van der Waals surface area contributed by atoms with E-state index in [0.717, 1.165) is 16.7 Å². The van der Waals surface area contributed by atoms with Crippen LogP contribution in [0.25, 0.3) is 11.1 Å². The molecule has 1 atom stereocenters. The van der Waals surface area contributed by atoms with Gasteiger partial charge in [-0.15, -0.1) is 0 Å². The largest absolute Gasteiger partial charge is 0.481 e. The fraction of sp³-hybridized carbons (Fsp3) is 0.192. The van der Waals surface area contributed by atoms with Crippen LogP contribution >= 0.6 is 11.6 Å². The molecule has 0 aliphatic rings. The lowest BCUT2D eigenvalue weighted by atomic mass is 10.0. The Balaban J connectivity index is 1.61. The second-order valence-corrected chi connectivity index (χ2v) is 8.01. The molecule has 3 aromatic carbocycles. The third kappa shape index (κ3) is 7.47. The molecular formula is C26H25ClN2O4. The summed E-state index contributed by atoms with van der Waals surface area (Å²) < 4.78 is 0. The fourth-order valence-corrected chi connectivity index (χ4v) is 3.58. The quantitative estimate of drug-likeness (QED) is 0.416. The Morgan fingerprint density at radius 1 is 0.879 bits per heavy atom. The maximum atomic E-state index is 12.7.